The van der Waals surface area contributed by atoms with Crippen molar-refractivity contribution in [1.82, 2.24) is 15.1 Å². The first kappa shape index (κ1) is 19.7. The van der Waals surface area contributed by atoms with Crippen LogP contribution >= 0.6 is 0 Å². The number of nitrogens with one attached hydrogen (secondary N) is 1. The number of hydrogen-bond acceptors (Lipinski definition) is 4. The highest BCUT2D eigenvalue weighted by molar-refractivity contribution is 7.91. The molecule has 1 aromatic carbocycles. The van der Waals surface area contributed by atoms with E-state index in [-0.39, 0.29) is 17.3 Å². The van der Waals surface area contributed by atoms with Crippen molar-refractivity contribution in [2.24, 2.45) is 4.99 Å². The Bertz CT molecular complexity index is 662. The van der Waals surface area contributed by atoms with Crippen LogP contribution in [0.15, 0.2) is 29.3 Å². The molecule has 0 bridgehead atoms. The Labute approximate surface area is 149 Å². The molecular weight excluding hydrogens is 343 g/mol. The molecule has 140 valence electrons. The fraction of sp³-hybridized carbons (Fsp3) is 0.588. The summed E-state index contributed by atoms with van der Waals surface area (Å²) < 4.78 is 35.9. The quantitative estimate of drug-likeness (QED) is 0.597. The zero-order valence-corrected chi connectivity index (χ0v) is 15.7. The maximum Gasteiger partial charge on any atom is 0.194 e. The predicted molar refractivity (Wildman–Crippen MR) is 98.9 cm³/mol. The molecular formula is C17H27FN4O2S. The van der Waals surface area contributed by atoms with E-state index >= 15 is 0 Å². The highest BCUT2D eigenvalue weighted by Gasteiger charge is 2.20. The van der Waals surface area contributed by atoms with Crippen molar-refractivity contribution in [1.29, 1.82) is 0 Å². The highest BCUT2D eigenvalue weighted by Crippen LogP contribution is 2.06. The fourth-order valence-corrected chi connectivity index (χ4v) is 3.96. The molecule has 8 heteroatoms. The number of halogens is 1. The Kier molecular flexibility index (Phi) is 7.19. The Morgan fingerprint density at radius 1 is 1.28 bits per heavy atom. The summed E-state index contributed by atoms with van der Waals surface area (Å²) in [4.78, 5) is 8.75. The van der Waals surface area contributed by atoms with E-state index < -0.39 is 9.84 Å². The van der Waals surface area contributed by atoms with Crippen LogP contribution in [0.1, 0.15) is 12.5 Å². The van der Waals surface area contributed by atoms with Gasteiger partial charge in [0.25, 0.3) is 0 Å². The topological polar surface area (TPSA) is 65.0 Å². The van der Waals surface area contributed by atoms with E-state index in [1.54, 1.807) is 12.1 Å². The molecule has 0 unspecified atom stereocenters. The number of benzene rings is 1. The second-order valence-corrected chi connectivity index (χ2v) is 8.52. The van der Waals surface area contributed by atoms with Crippen LogP contribution in [0.4, 0.5) is 4.39 Å². The van der Waals surface area contributed by atoms with Crippen LogP contribution in [-0.2, 0) is 16.4 Å². The monoisotopic (exact) mass is 370 g/mol. The van der Waals surface area contributed by atoms with Crippen LogP contribution in [0.3, 0.4) is 0 Å². The van der Waals surface area contributed by atoms with Gasteiger partial charge in [-0.1, -0.05) is 12.1 Å². The van der Waals surface area contributed by atoms with Gasteiger partial charge in [0.1, 0.15) is 5.82 Å². The maximum absolute atomic E-state index is 13.0. The molecule has 0 spiro atoms. The van der Waals surface area contributed by atoms with E-state index in [1.165, 1.54) is 12.1 Å². The Balaban J connectivity index is 1.87. The molecule has 6 nitrogen and oxygen atoms in total. The minimum absolute atomic E-state index is 0.237. The molecule has 0 aromatic heterocycles. The van der Waals surface area contributed by atoms with Crippen LogP contribution in [0.25, 0.3) is 0 Å². The zero-order valence-electron chi connectivity index (χ0n) is 14.9. The first-order valence-corrected chi connectivity index (χ1v) is 10.4. The minimum atomic E-state index is -2.84. The van der Waals surface area contributed by atoms with Crippen molar-refractivity contribution in [3.63, 3.8) is 0 Å². The molecule has 0 radical (unpaired) electrons. The van der Waals surface area contributed by atoms with Crippen molar-refractivity contribution in [3.05, 3.63) is 35.6 Å². The van der Waals surface area contributed by atoms with Crippen LogP contribution in [-0.4, -0.2) is 75.5 Å². The third-order valence-electron chi connectivity index (χ3n) is 4.14. The molecule has 0 saturated carbocycles. The summed E-state index contributed by atoms with van der Waals surface area (Å²) in [5.74, 6) is 1.02. The lowest BCUT2D eigenvalue weighted by molar-refractivity contribution is 0.303. The van der Waals surface area contributed by atoms with Gasteiger partial charge >= 0.3 is 0 Å². The van der Waals surface area contributed by atoms with Crippen molar-refractivity contribution in [3.8, 4) is 0 Å². The normalized spacial score (nSPS) is 18.1. The molecule has 0 amide bonds. The van der Waals surface area contributed by atoms with Crippen LogP contribution in [0, 0.1) is 5.82 Å². The van der Waals surface area contributed by atoms with Gasteiger partial charge in [-0.15, -0.1) is 0 Å². The predicted octanol–water partition coefficient (Wildman–Crippen LogP) is 0.953. The summed E-state index contributed by atoms with van der Waals surface area (Å²) >= 11 is 0. The van der Waals surface area contributed by atoms with Gasteiger partial charge in [-0.2, -0.15) is 0 Å². The fourth-order valence-electron chi connectivity index (χ4n) is 2.68. The standard InChI is InChI=1S/C17H27FN4O2S/c1-3-19-17(21(2)14-15-4-6-16(18)7-5-15)20-8-9-22-10-12-25(23,24)13-11-22/h4-7H,3,8-14H2,1-2H3,(H,19,20). The van der Waals surface area contributed by atoms with Gasteiger partial charge in [-0.05, 0) is 24.6 Å². The molecule has 0 atom stereocenters. The Morgan fingerprint density at radius 2 is 1.92 bits per heavy atom. The molecule has 1 aromatic rings. The largest absolute Gasteiger partial charge is 0.357 e. The van der Waals surface area contributed by atoms with E-state index in [0.29, 0.717) is 26.2 Å². The maximum atomic E-state index is 13.0. The van der Waals surface area contributed by atoms with Crippen LogP contribution < -0.4 is 5.32 Å². The number of guanidine groups is 1. The number of aliphatic imine (C=N–C) groups is 1. The van der Waals surface area contributed by atoms with Crippen molar-refractivity contribution < 1.29 is 12.8 Å². The zero-order chi connectivity index (χ0) is 18.3. The molecule has 1 heterocycles. The average Bonchev–Trinajstić information content (AvgIpc) is 2.57. The first-order valence-electron chi connectivity index (χ1n) is 8.56. The van der Waals surface area contributed by atoms with E-state index in [0.717, 1.165) is 24.6 Å². The summed E-state index contributed by atoms with van der Waals surface area (Å²) in [5.41, 5.74) is 1.01. The van der Waals surface area contributed by atoms with E-state index in [9.17, 15) is 12.8 Å². The van der Waals surface area contributed by atoms with E-state index in [4.69, 9.17) is 0 Å². The van der Waals surface area contributed by atoms with E-state index in [2.05, 4.69) is 15.2 Å². The molecule has 0 aliphatic carbocycles. The Hall–Kier alpha value is -1.67. The lowest BCUT2D eigenvalue weighted by atomic mass is 10.2. The van der Waals surface area contributed by atoms with Gasteiger partial charge in [0.2, 0.25) is 0 Å². The van der Waals surface area contributed by atoms with Crippen molar-refractivity contribution in [2.75, 3.05) is 51.3 Å². The second-order valence-electron chi connectivity index (χ2n) is 6.21. The number of hydrogen-bond donors (Lipinski definition) is 1. The minimum Gasteiger partial charge on any atom is -0.357 e. The molecule has 1 aliphatic rings. The molecule has 1 N–H and O–H groups in total. The third kappa shape index (κ3) is 6.62. The van der Waals surface area contributed by atoms with Gasteiger partial charge in [-0.3, -0.25) is 9.89 Å². The van der Waals surface area contributed by atoms with Gasteiger partial charge in [-0.25, -0.2) is 12.8 Å². The molecule has 1 fully saturated rings. The second kappa shape index (κ2) is 9.15. The average molecular weight is 370 g/mol. The summed E-state index contributed by atoms with van der Waals surface area (Å²) in [6, 6.07) is 6.45. The third-order valence-corrected chi connectivity index (χ3v) is 5.75. The Morgan fingerprint density at radius 3 is 2.52 bits per heavy atom. The lowest BCUT2D eigenvalue weighted by Crippen LogP contribution is -2.42. The van der Waals surface area contributed by atoms with Gasteiger partial charge < -0.3 is 10.2 Å². The van der Waals surface area contributed by atoms with Crippen molar-refractivity contribution in [2.45, 2.75) is 13.5 Å². The first-order chi connectivity index (χ1) is 11.9. The molecule has 2 rings (SSSR count). The molecule has 25 heavy (non-hydrogen) atoms. The highest BCUT2D eigenvalue weighted by atomic mass is 32.2. The van der Waals surface area contributed by atoms with Gasteiger partial charge in [0, 0.05) is 39.8 Å². The number of rotatable bonds is 6. The summed E-state index contributed by atoms with van der Waals surface area (Å²) in [6.07, 6.45) is 0. The van der Waals surface area contributed by atoms with Crippen molar-refractivity contribution >= 4 is 15.8 Å². The lowest BCUT2D eigenvalue weighted by Gasteiger charge is -2.26. The van der Waals surface area contributed by atoms with Crippen LogP contribution in [0.5, 0.6) is 0 Å². The SMILES string of the molecule is CCNC(=NCCN1CCS(=O)(=O)CC1)N(C)Cc1ccc(F)cc1. The van der Waals surface area contributed by atoms with E-state index in [1.807, 2.05) is 18.9 Å². The smallest absolute Gasteiger partial charge is 0.194 e. The summed E-state index contributed by atoms with van der Waals surface area (Å²) in [7, 11) is -0.899. The van der Waals surface area contributed by atoms with Gasteiger partial charge in [0.05, 0.1) is 18.1 Å². The number of sulfone groups is 1. The van der Waals surface area contributed by atoms with Crippen LogP contribution in [0.2, 0.25) is 0 Å². The summed E-state index contributed by atoms with van der Waals surface area (Å²) in [6.45, 7) is 5.92. The molecule has 1 saturated heterocycles. The molecule has 1 aliphatic heterocycles. The summed E-state index contributed by atoms with van der Waals surface area (Å²) in [5, 5.41) is 3.25. The number of nitrogens with zero attached hydrogens (tertiary/aromatic N) is 3. The van der Waals surface area contributed by atoms with Gasteiger partial charge in [0.15, 0.2) is 15.8 Å².